The number of imidazole rings is 1. The smallest absolute Gasteiger partial charge is 0.222 e. The van der Waals surface area contributed by atoms with E-state index in [1.165, 1.54) is 0 Å². The van der Waals surface area contributed by atoms with Crippen LogP contribution in [0.5, 0.6) is 0 Å². The van der Waals surface area contributed by atoms with Crippen molar-refractivity contribution in [3.63, 3.8) is 0 Å². The number of benzene rings is 2. The molecule has 1 aromatic heterocycles. The number of hydrogen-bond donors (Lipinski definition) is 2. The van der Waals surface area contributed by atoms with Gasteiger partial charge in [0.15, 0.2) is 0 Å². The normalized spacial score (nSPS) is 11.8. The molecule has 0 aliphatic rings. The van der Waals surface area contributed by atoms with Crippen molar-refractivity contribution in [3.05, 3.63) is 58.6 Å². The Morgan fingerprint density at radius 1 is 1.15 bits per heavy atom. The van der Waals surface area contributed by atoms with E-state index in [1.807, 2.05) is 55.5 Å². The molecule has 20 heavy (non-hydrogen) atoms. The van der Waals surface area contributed by atoms with Gasteiger partial charge in [-0.25, -0.2) is 10.4 Å². The minimum absolute atomic E-state index is 0.637. The fraction of sp³-hybridized carbons (Fsp3) is 0.0667. The van der Waals surface area contributed by atoms with Crippen molar-refractivity contribution in [2.45, 2.75) is 6.92 Å². The van der Waals surface area contributed by atoms with E-state index in [0.29, 0.717) is 5.95 Å². The zero-order chi connectivity index (χ0) is 13.9. The molecule has 3 aromatic rings. The molecule has 0 bridgehead atoms. The Bertz CT molecular complexity index is 743. The van der Waals surface area contributed by atoms with Gasteiger partial charge in [0.2, 0.25) is 5.95 Å². The molecule has 1 heterocycles. The Kier molecular flexibility index (Phi) is 3.52. The van der Waals surface area contributed by atoms with E-state index in [2.05, 4.69) is 36.4 Å². The maximum Gasteiger partial charge on any atom is 0.222 e. The van der Waals surface area contributed by atoms with Gasteiger partial charge in [0, 0.05) is 10.0 Å². The van der Waals surface area contributed by atoms with Crippen LogP contribution < -0.4 is 5.43 Å². The van der Waals surface area contributed by atoms with Crippen molar-refractivity contribution in [3.8, 4) is 0 Å². The Labute approximate surface area is 125 Å². The largest absolute Gasteiger partial charge is 0.323 e. The number of fused-ring (bicyclic) bond motifs is 1. The molecule has 0 amide bonds. The lowest BCUT2D eigenvalue weighted by Crippen LogP contribution is -2.01. The van der Waals surface area contributed by atoms with E-state index in [4.69, 9.17) is 0 Å². The standard InChI is InChI=1S/C15H13BrN4/c1-10(11-6-2-3-7-12(11)16)19-20-15-17-13-8-4-5-9-14(13)18-15/h2-9H,1H3,(H2,17,18,20). The minimum Gasteiger partial charge on any atom is -0.323 e. The third-order valence-corrected chi connectivity index (χ3v) is 3.67. The van der Waals surface area contributed by atoms with Gasteiger partial charge < -0.3 is 4.98 Å². The summed E-state index contributed by atoms with van der Waals surface area (Å²) in [5, 5.41) is 4.36. The molecule has 0 saturated carbocycles. The summed E-state index contributed by atoms with van der Waals surface area (Å²) in [4.78, 5) is 7.59. The summed E-state index contributed by atoms with van der Waals surface area (Å²) in [5.74, 6) is 0.637. The van der Waals surface area contributed by atoms with E-state index >= 15 is 0 Å². The molecule has 5 heteroatoms. The molecular formula is C15H13BrN4. The molecule has 2 N–H and O–H groups in total. The van der Waals surface area contributed by atoms with Crippen LogP contribution in [0.3, 0.4) is 0 Å². The highest BCUT2D eigenvalue weighted by Crippen LogP contribution is 2.17. The van der Waals surface area contributed by atoms with Gasteiger partial charge in [-0.3, -0.25) is 0 Å². The van der Waals surface area contributed by atoms with E-state index in [0.717, 1.165) is 26.8 Å². The summed E-state index contributed by atoms with van der Waals surface area (Å²) in [6.07, 6.45) is 0. The highest BCUT2D eigenvalue weighted by atomic mass is 79.9. The van der Waals surface area contributed by atoms with Gasteiger partial charge in [0.05, 0.1) is 16.7 Å². The molecule has 2 aromatic carbocycles. The molecule has 0 saturated heterocycles. The number of hydrazone groups is 1. The molecular weight excluding hydrogens is 316 g/mol. The van der Waals surface area contributed by atoms with Crippen molar-refractivity contribution >= 4 is 38.6 Å². The summed E-state index contributed by atoms with van der Waals surface area (Å²) < 4.78 is 1.02. The predicted molar refractivity (Wildman–Crippen MR) is 86.1 cm³/mol. The van der Waals surface area contributed by atoms with Gasteiger partial charge in [-0.2, -0.15) is 5.10 Å². The van der Waals surface area contributed by atoms with E-state index in [9.17, 15) is 0 Å². The minimum atomic E-state index is 0.637. The van der Waals surface area contributed by atoms with Gasteiger partial charge in [0.25, 0.3) is 0 Å². The average Bonchev–Trinajstić information content (AvgIpc) is 2.88. The number of nitrogens with one attached hydrogen (secondary N) is 2. The highest BCUT2D eigenvalue weighted by Gasteiger charge is 2.03. The Balaban J connectivity index is 1.84. The SMILES string of the molecule is CC(=NNc1nc2ccccc2[nH]1)c1ccccc1Br. The van der Waals surface area contributed by atoms with Crippen molar-refractivity contribution in [2.24, 2.45) is 5.10 Å². The summed E-state index contributed by atoms with van der Waals surface area (Å²) in [6.45, 7) is 1.95. The number of H-pyrrole nitrogens is 1. The number of halogens is 1. The van der Waals surface area contributed by atoms with Crippen LogP contribution in [0.2, 0.25) is 0 Å². The third kappa shape index (κ3) is 2.58. The molecule has 0 spiro atoms. The van der Waals surface area contributed by atoms with Crippen LogP contribution in [0.25, 0.3) is 11.0 Å². The lowest BCUT2D eigenvalue weighted by molar-refractivity contribution is 1.20. The fourth-order valence-corrected chi connectivity index (χ4v) is 2.53. The van der Waals surface area contributed by atoms with Crippen molar-refractivity contribution in [1.29, 1.82) is 0 Å². The first-order chi connectivity index (χ1) is 9.74. The molecule has 3 rings (SSSR count). The van der Waals surface area contributed by atoms with Crippen molar-refractivity contribution in [2.75, 3.05) is 5.43 Å². The lowest BCUT2D eigenvalue weighted by atomic mass is 10.1. The van der Waals surface area contributed by atoms with Crippen LogP contribution in [0.15, 0.2) is 58.1 Å². The Morgan fingerprint density at radius 3 is 2.70 bits per heavy atom. The molecule has 0 atom stereocenters. The average molecular weight is 329 g/mol. The first-order valence-electron chi connectivity index (χ1n) is 6.24. The second-order valence-electron chi connectivity index (χ2n) is 4.39. The monoisotopic (exact) mass is 328 g/mol. The Hall–Kier alpha value is -2.14. The summed E-state index contributed by atoms with van der Waals surface area (Å²) in [5.41, 5.74) is 6.81. The number of anilines is 1. The molecule has 0 unspecified atom stereocenters. The summed E-state index contributed by atoms with van der Waals surface area (Å²) in [7, 11) is 0. The van der Waals surface area contributed by atoms with Crippen LogP contribution in [0.1, 0.15) is 12.5 Å². The quantitative estimate of drug-likeness (QED) is 0.560. The van der Waals surface area contributed by atoms with Crippen LogP contribution in [0, 0.1) is 0 Å². The zero-order valence-corrected chi connectivity index (χ0v) is 12.5. The Morgan fingerprint density at radius 2 is 1.90 bits per heavy atom. The predicted octanol–water partition coefficient (Wildman–Crippen LogP) is 4.16. The summed E-state index contributed by atoms with van der Waals surface area (Å²) >= 11 is 3.52. The number of nitrogens with zero attached hydrogens (tertiary/aromatic N) is 2. The molecule has 0 aliphatic heterocycles. The first-order valence-corrected chi connectivity index (χ1v) is 7.03. The number of rotatable bonds is 3. The first kappa shape index (κ1) is 12.9. The second-order valence-corrected chi connectivity index (χ2v) is 5.25. The summed E-state index contributed by atoms with van der Waals surface area (Å²) in [6, 6.07) is 15.9. The molecule has 0 fully saturated rings. The van der Waals surface area contributed by atoms with Gasteiger partial charge in [-0.15, -0.1) is 0 Å². The molecule has 0 radical (unpaired) electrons. The molecule has 4 nitrogen and oxygen atoms in total. The number of aromatic amines is 1. The zero-order valence-electron chi connectivity index (χ0n) is 10.9. The number of hydrogen-bond acceptors (Lipinski definition) is 3. The third-order valence-electron chi connectivity index (χ3n) is 2.98. The number of para-hydroxylation sites is 2. The fourth-order valence-electron chi connectivity index (χ4n) is 1.96. The molecule has 0 aliphatic carbocycles. The maximum absolute atomic E-state index is 4.42. The van der Waals surface area contributed by atoms with Crippen molar-refractivity contribution < 1.29 is 0 Å². The molecule has 100 valence electrons. The van der Waals surface area contributed by atoms with E-state index in [-0.39, 0.29) is 0 Å². The van der Waals surface area contributed by atoms with Crippen molar-refractivity contribution in [1.82, 2.24) is 9.97 Å². The maximum atomic E-state index is 4.42. The highest BCUT2D eigenvalue weighted by molar-refractivity contribution is 9.10. The van der Waals surface area contributed by atoms with Gasteiger partial charge in [-0.05, 0) is 25.1 Å². The number of aromatic nitrogens is 2. The van der Waals surface area contributed by atoms with Crippen LogP contribution in [-0.4, -0.2) is 15.7 Å². The van der Waals surface area contributed by atoms with Crippen LogP contribution >= 0.6 is 15.9 Å². The van der Waals surface area contributed by atoms with Crippen LogP contribution in [0.4, 0.5) is 5.95 Å². The van der Waals surface area contributed by atoms with Gasteiger partial charge >= 0.3 is 0 Å². The van der Waals surface area contributed by atoms with Gasteiger partial charge in [-0.1, -0.05) is 46.3 Å². The van der Waals surface area contributed by atoms with E-state index in [1.54, 1.807) is 0 Å². The topological polar surface area (TPSA) is 53.1 Å². The van der Waals surface area contributed by atoms with Crippen LogP contribution in [-0.2, 0) is 0 Å². The second kappa shape index (κ2) is 5.46. The lowest BCUT2D eigenvalue weighted by Gasteiger charge is -2.03. The van der Waals surface area contributed by atoms with Gasteiger partial charge in [0.1, 0.15) is 0 Å². The van der Waals surface area contributed by atoms with E-state index < -0.39 is 0 Å².